The highest BCUT2D eigenvalue weighted by molar-refractivity contribution is 5.96. The topological polar surface area (TPSA) is 50.4 Å². The van der Waals surface area contributed by atoms with E-state index in [1.807, 2.05) is 0 Å². The van der Waals surface area contributed by atoms with E-state index in [0.29, 0.717) is 0 Å². The van der Waals surface area contributed by atoms with E-state index in [1.54, 1.807) is 0 Å². The quantitative estimate of drug-likeness (QED) is 0.689. The van der Waals surface area contributed by atoms with Crippen molar-refractivity contribution in [2.24, 2.45) is 16.6 Å². The first-order chi connectivity index (χ1) is 6.74. The van der Waals surface area contributed by atoms with Crippen molar-refractivity contribution in [3.05, 3.63) is 11.6 Å². The second-order valence-electron chi connectivity index (χ2n) is 4.45. The summed E-state index contributed by atoms with van der Waals surface area (Å²) in [6.45, 7) is 4.44. The molecule has 2 aliphatic rings. The highest BCUT2D eigenvalue weighted by Crippen LogP contribution is 2.18. The van der Waals surface area contributed by atoms with Crippen molar-refractivity contribution in [2.45, 2.75) is 32.4 Å². The molecule has 1 unspecified atom stereocenters. The minimum atomic E-state index is 0.00404. The number of allylic oxidation sites excluding steroid dienone is 1. The summed E-state index contributed by atoms with van der Waals surface area (Å²) in [5.41, 5.74) is 8.42. The molecule has 0 radical (unpaired) electrons. The molecule has 1 saturated heterocycles. The fraction of sp³-hybridized carbons (Fsp3) is 0.727. The SMILES string of the molecule is CC1=CC(C[C@H]2CCNC2)=NC(N)C1. The third-order valence-electron chi connectivity index (χ3n) is 2.94. The molecule has 2 rings (SSSR count). The zero-order valence-corrected chi connectivity index (χ0v) is 8.79. The lowest BCUT2D eigenvalue weighted by Gasteiger charge is -2.17. The van der Waals surface area contributed by atoms with E-state index in [-0.39, 0.29) is 6.17 Å². The summed E-state index contributed by atoms with van der Waals surface area (Å²) >= 11 is 0. The lowest BCUT2D eigenvalue weighted by Crippen LogP contribution is -2.24. The zero-order chi connectivity index (χ0) is 9.97. The Morgan fingerprint density at radius 3 is 3.14 bits per heavy atom. The first-order valence-corrected chi connectivity index (χ1v) is 5.44. The average Bonchev–Trinajstić information content (AvgIpc) is 2.54. The molecule has 2 heterocycles. The van der Waals surface area contributed by atoms with Gasteiger partial charge in [-0.3, -0.25) is 4.99 Å². The van der Waals surface area contributed by atoms with Crippen LogP contribution in [-0.2, 0) is 0 Å². The van der Waals surface area contributed by atoms with Crippen LogP contribution in [0.3, 0.4) is 0 Å². The van der Waals surface area contributed by atoms with E-state index in [1.165, 1.54) is 17.7 Å². The maximum atomic E-state index is 5.85. The van der Waals surface area contributed by atoms with Crippen LogP contribution in [0.5, 0.6) is 0 Å². The number of hydrogen-bond donors (Lipinski definition) is 2. The molecular weight excluding hydrogens is 174 g/mol. The van der Waals surface area contributed by atoms with Crippen molar-refractivity contribution < 1.29 is 0 Å². The van der Waals surface area contributed by atoms with Crippen molar-refractivity contribution in [1.29, 1.82) is 0 Å². The first kappa shape index (κ1) is 9.87. The van der Waals surface area contributed by atoms with Gasteiger partial charge in [-0.1, -0.05) is 5.57 Å². The number of aliphatic imine (C=N–C) groups is 1. The van der Waals surface area contributed by atoms with Crippen LogP contribution in [0.4, 0.5) is 0 Å². The lowest BCUT2D eigenvalue weighted by atomic mass is 9.97. The van der Waals surface area contributed by atoms with Crippen LogP contribution < -0.4 is 11.1 Å². The number of nitrogens with one attached hydrogen (secondary N) is 1. The molecule has 0 saturated carbocycles. The molecule has 3 heteroatoms. The van der Waals surface area contributed by atoms with Crippen LogP contribution in [0.2, 0.25) is 0 Å². The van der Waals surface area contributed by atoms with Crippen molar-refractivity contribution in [3.63, 3.8) is 0 Å². The van der Waals surface area contributed by atoms with Gasteiger partial charge in [0.2, 0.25) is 0 Å². The van der Waals surface area contributed by atoms with Gasteiger partial charge in [0.25, 0.3) is 0 Å². The molecule has 2 atom stereocenters. The fourth-order valence-electron chi connectivity index (χ4n) is 2.27. The Labute approximate surface area is 85.5 Å². The van der Waals surface area contributed by atoms with Crippen molar-refractivity contribution >= 4 is 5.71 Å². The fourth-order valence-corrected chi connectivity index (χ4v) is 2.27. The molecule has 0 spiro atoms. The number of nitrogens with zero attached hydrogens (tertiary/aromatic N) is 1. The van der Waals surface area contributed by atoms with Gasteiger partial charge < -0.3 is 11.1 Å². The Kier molecular flexibility index (Phi) is 2.99. The highest BCUT2D eigenvalue weighted by Gasteiger charge is 2.18. The van der Waals surface area contributed by atoms with Crippen molar-refractivity contribution in [3.8, 4) is 0 Å². The van der Waals surface area contributed by atoms with Crippen LogP contribution in [-0.4, -0.2) is 25.0 Å². The Morgan fingerprint density at radius 1 is 1.64 bits per heavy atom. The summed E-state index contributed by atoms with van der Waals surface area (Å²) in [5.74, 6) is 0.767. The van der Waals surface area contributed by atoms with E-state index in [4.69, 9.17) is 5.73 Å². The zero-order valence-electron chi connectivity index (χ0n) is 8.79. The van der Waals surface area contributed by atoms with Gasteiger partial charge in [0.05, 0.1) is 0 Å². The maximum Gasteiger partial charge on any atom is 0.101 e. The molecule has 0 aliphatic carbocycles. The molecule has 1 fully saturated rings. The molecule has 0 amide bonds. The van der Waals surface area contributed by atoms with Gasteiger partial charge >= 0.3 is 0 Å². The molecule has 3 nitrogen and oxygen atoms in total. The summed E-state index contributed by atoms with van der Waals surface area (Å²) in [6.07, 6.45) is 5.51. The van der Waals surface area contributed by atoms with Gasteiger partial charge in [-0.05, 0) is 44.8 Å². The van der Waals surface area contributed by atoms with E-state index in [2.05, 4.69) is 23.3 Å². The number of hydrogen-bond acceptors (Lipinski definition) is 3. The Bertz CT molecular complexity index is 262. The average molecular weight is 193 g/mol. The third-order valence-corrected chi connectivity index (χ3v) is 2.94. The molecule has 0 aromatic heterocycles. The van der Waals surface area contributed by atoms with Gasteiger partial charge in [0.15, 0.2) is 0 Å². The number of nitrogens with two attached hydrogens (primary N) is 1. The van der Waals surface area contributed by atoms with Crippen molar-refractivity contribution in [2.75, 3.05) is 13.1 Å². The summed E-state index contributed by atoms with van der Waals surface area (Å²) < 4.78 is 0. The minimum Gasteiger partial charge on any atom is -0.316 e. The molecule has 0 bridgehead atoms. The van der Waals surface area contributed by atoms with E-state index in [0.717, 1.165) is 31.8 Å². The van der Waals surface area contributed by atoms with Crippen molar-refractivity contribution in [1.82, 2.24) is 5.32 Å². The second kappa shape index (κ2) is 4.24. The van der Waals surface area contributed by atoms with E-state index in [9.17, 15) is 0 Å². The monoisotopic (exact) mass is 193 g/mol. The molecule has 0 aromatic rings. The maximum absolute atomic E-state index is 5.85. The van der Waals surface area contributed by atoms with Gasteiger partial charge in [-0.25, -0.2) is 0 Å². The standard InChI is InChI=1S/C11H19N3/c1-8-4-10(14-11(12)5-8)6-9-2-3-13-7-9/h4,9,11,13H,2-3,5-7,12H2,1H3/t9-,11?/m1/s1. The summed E-state index contributed by atoms with van der Waals surface area (Å²) in [6, 6.07) is 0. The Morgan fingerprint density at radius 2 is 2.50 bits per heavy atom. The Balaban J connectivity index is 1.96. The summed E-state index contributed by atoms with van der Waals surface area (Å²) in [5, 5.41) is 3.38. The largest absolute Gasteiger partial charge is 0.316 e. The summed E-state index contributed by atoms with van der Waals surface area (Å²) in [4.78, 5) is 4.49. The number of rotatable bonds is 2. The highest BCUT2D eigenvalue weighted by atomic mass is 15.0. The van der Waals surface area contributed by atoms with Gasteiger partial charge in [-0.15, -0.1) is 0 Å². The normalized spacial score (nSPS) is 32.7. The molecule has 78 valence electrons. The predicted molar refractivity (Wildman–Crippen MR) is 59.4 cm³/mol. The molecular formula is C11H19N3. The van der Waals surface area contributed by atoms with E-state index < -0.39 is 0 Å². The lowest BCUT2D eigenvalue weighted by molar-refractivity contribution is 0.600. The van der Waals surface area contributed by atoms with Crippen LogP contribution in [0.1, 0.15) is 26.2 Å². The second-order valence-corrected chi connectivity index (χ2v) is 4.45. The van der Waals surface area contributed by atoms with Gasteiger partial charge in [-0.2, -0.15) is 0 Å². The summed E-state index contributed by atoms with van der Waals surface area (Å²) in [7, 11) is 0. The molecule has 14 heavy (non-hydrogen) atoms. The van der Waals surface area contributed by atoms with Crippen LogP contribution in [0.15, 0.2) is 16.6 Å². The van der Waals surface area contributed by atoms with Gasteiger partial charge in [0, 0.05) is 12.1 Å². The predicted octanol–water partition coefficient (Wildman–Crippen LogP) is 1.06. The van der Waals surface area contributed by atoms with Crippen LogP contribution in [0, 0.1) is 5.92 Å². The van der Waals surface area contributed by atoms with Crippen LogP contribution >= 0.6 is 0 Å². The minimum absolute atomic E-state index is 0.00404. The van der Waals surface area contributed by atoms with Gasteiger partial charge in [0.1, 0.15) is 6.17 Å². The van der Waals surface area contributed by atoms with Crippen LogP contribution in [0.25, 0.3) is 0 Å². The smallest absolute Gasteiger partial charge is 0.101 e. The third kappa shape index (κ3) is 2.42. The first-order valence-electron chi connectivity index (χ1n) is 5.44. The Hall–Kier alpha value is -0.670. The van der Waals surface area contributed by atoms with E-state index >= 15 is 0 Å². The molecule has 0 aromatic carbocycles. The number of dihydropyridines is 1. The molecule has 2 aliphatic heterocycles. The molecule has 3 N–H and O–H groups in total.